The predicted molar refractivity (Wildman–Crippen MR) is 112 cm³/mol. The highest BCUT2D eigenvalue weighted by molar-refractivity contribution is 7.89. The summed E-state index contributed by atoms with van der Waals surface area (Å²) in [5.41, 5.74) is 1.60. The molecule has 5 nitrogen and oxygen atoms in total. The molecule has 0 spiro atoms. The largest absolute Gasteiger partial charge is 0.480 e. The van der Waals surface area contributed by atoms with Crippen molar-refractivity contribution in [2.45, 2.75) is 50.0 Å². The summed E-state index contributed by atoms with van der Waals surface area (Å²) in [5.74, 6) is 4.47. The smallest absolute Gasteiger partial charge is 0.322 e. The maximum Gasteiger partial charge on any atom is 0.322 e. The molecule has 0 amide bonds. The molecule has 1 saturated carbocycles. The van der Waals surface area contributed by atoms with Crippen molar-refractivity contribution in [3.05, 3.63) is 65.0 Å². The van der Waals surface area contributed by atoms with Crippen molar-refractivity contribution in [1.29, 1.82) is 0 Å². The second kappa shape index (κ2) is 8.99. The van der Waals surface area contributed by atoms with Crippen molar-refractivity contribution in [2.24, 2.45) is 5.92 Å². The molecule has 3 rings (SSSR count). The molecule has 0 radical (unpaired) electrons. The molecule has 0 saturated heterocycles. The molecule has 30 heavy (non-hydrogen) atoms. The summed E-state index contributed by atoms with van der Waals surface area (Å²) in [6.07, 6.45) is 1.88. The number of sulfonamides is 1. The number of carboxylic acids is 1. The van der Waals surface area contributed by atoms with Crippen LogP contribution < -0.4 is 4.72 Å². The Balaban J connectivity index is 1.75. The van der Waals surface area contributed by atoms with E-state index in [4.69, 9.17) is 0 Å². The first kappa shape index (κ1) is 22.0. The molecular weight excluding hydrogens is 405 g/mol. The highest BCUT2D eigenvalue weighted by Crippen LogP contribution is 2.27. The van der Waals surface area contributed by atoms with Gasteiger partial charge in [0.1, 0.15) is 11.9 Å². The number of aliphatic carboxylic acids is 1. The summed E-state index contributed by atoms with van der Waals surface area (Å²) in [7, 11) is -4.04. The molecule has 2 N–H and O–H groups in total. The second-order valence-corrected chi connectivity index (χ2v) is 9.51. The van der Waals surface area contributed by atoms with Gasteiger partial charge in [0.05, 0.1) is 10.5 Å². The number of halogens is 1. The molecule has 0 aliphatic heterocycles. The second-order valence-electron chi connectivity index (χ2n) is 7.80. The van der Waals surface area contributed by atoms with E-state index in [1.54, 1.807) is 18.2 Å². The van der Waals surface area contributed by atoms with Gasteiger partial charge >= 0.3 is 5.97 Å². The van der Waals surface area contributed by atoms with Gasteiger partial charge in [0.2, 0.25) is 10.0 Å². The molecule has 158 valence electrons. The zero-order valence-electron chi connectivity index (χ0n) is 16.9. The van der Waals surface area contributed by atoms with Gasteiger partial charge in [-0.3, -0.25) is 4.79 Å². The van der Waals surface area contributed by atoms with Crippen LogP contribution in [0.4, 0.5) is 4.39 Å². The molecule has 1 aliphatic carbocycles. The number of carbonyl (C=O) groups is 1. The number of hydrogen-bond acceptors (Lipinski definition) is 3. The Hall–Kier alpha value is -2.69. The molecule has 0 unspecified atom stereocenters. The number of nitrogens with one attached hydrogen (secondary N) is 1. The lowest BCUT2D eigenvalue weighted by atomic mass is 10.0. The average molecular weight is 430 g/mol. The van der Waals surface area contributed by atoms with Crippen LogP contribution in [0, 0.1) is 23.6 Å². The molecule has 0 bridgehead atoms. The van der Waals surface area contributed by atoms with Crippen molar-refractivity contribution in [2.75, 3.05) is 0 Å². The lowest BCUT2D eigenvalue weighted by Crippen LogP contribution is -2.42. The van der Waals surface area contributed by atoms with Gasteiger partial charge in [-0.25, -0.2) is 12.8 Å². The van der Waals surface area contributed by atoms with Crippen molar-refractivity contribution >= 4 is 16.0 Å². The summed E-state index contributed by atoms with van der Waals surface area (Å²) in [6, 6.07) is 9.14. The Kier molecular flexibility index (Phi) is 6.59. The fourth-order valence-corrected chi connectivity index (χ4v) is 4.09. The zero-order valence-corrected chi connectivity index (χ0v) is 17.7. The standard InChI is InChI=1S/C23H24FNO4S/c1-15(2)18-9-11-20(12-10-18)30(28,29)25-22(23(26)27)14-17-6-8-19(21(24)13-17)7-5-16-3-4-16/h6,8-13,15-16,22,25H,3-4,14H2,1-2H3,(H,26,27)/t22-/m1/s1. The molecule has 1 fully saturated rings. The molecule has 0 aromatic heterocycles. The minimum Gasteiger partial charge on any atom is -0.480 e. The average Bonchev–Trinajstić information content (AvgIpc) is 3.51. The fourth-order valence-electron chi connectivity index (χ4n) is 2.90. The summed E-state index contributed by atoms with van der Waals surface area (Å²) in [5, 5.41) is 9.49. The molecular formula is C23H24FNO4S. The third-order valence-corrected chi connectivity index (χ3v) is 6.40. The van der Waals surface area contributed by atoms with Gasteiger partial charge in [-0.2, -0.15) is 4.72 Å². The zero-order chi connectivity index (χ0) is 21.9. The third-order valence-electron chi connectivity index (χ3n) is 4.91. The van der Waals surface area contributed by atoms with Gasteiger partial charge in [0.15, 0.2) is 0 Å². The first-order valence-corrected chi connectivity index (χ1v) is 11.3. The van der Waals surface area contributed by atoms with Gasteiger partial charge in [-0.05, 0) is 60.6 Å². The maximum atomic E-state index is 14.3. The van der Waals surface area contributed by atoms with E-state index in [9.17, 15) is 22.7 Å². The van der Waals surface area contributed by atoms with Crippen LogP contribution in [0.1, 0.15) is 49.3 Å². The molecule has 2 aromatic carbocycles. The lowest BCUT2D eigenvalue weighted by molar-refractivity contribution is -0.138. The lowest BCUT2D eigenvalue weighted by Gasteiger charge is -2.16. The van der Waals surface area contributed by atoms with Gasteiger partial charge in [0, 0.05) is 5.92 Å². The SMILES string of the molecule is CC(C)c1ccc(S(=O)(=O)N[C@H](Cc2ccc(C#CC3CC3)c(F)c2)C(=O)O)cc1. The van der Waals surface area contributed by atoms with Crippen molar-refractivity contribution in [3.8, 4) is 11.8 Å². The fraction of sp³-hybridized carbons (Fsp3) is 0.348. The molecule has 1 atom stereocenters. The molecule has 0 heterocycles. The number of benzene rings is 2. The molecule has 2 aromatic rings. The van der Waals surface area contributed by atoms with Gasteiger partial charge < -0.3 is 5.11 Å². The Morgan fingerprint density at radius 3 is 2.40 bits per heavy atom. The van der Waals surface area contributed by atoms with Gasteiger partial charge in [0.25, 0.3) is 0 Å². The van der Waals surface area contributed by atoms with Crippen molar-refractivity contribution < 1.29 is 22.7 Å². The Morgan fingerprint density at radius 1 is 1.20 bits per heavy atom. The van der Waals surface area contributed by atoms with E-state index in [-0.39, 0.29) is 22.8 Å². The van der Waals surface area contributed by atoms with E-state index in [0.29, 0.717) is 11.5 Å². The van der Waals surface area contributed by atoms with Crippen molar-refractivity contribution in [3.63, 3.8) is 0 Å². The Labute approximate surface area is 176 Å². The quantitative estimate of drug-likeness (QED) is 0.658. The number of rotatable bonds is 7. The highest BCUT2D eigenvalue weighted by atomic mass is 32.2. The minimum atomic E-state index is -4.04. The normalized spacial score (nSPS) is 14.8. The van der Waals surface area contributed by atoms with Crippen LogP contribution in [0.25, 0.3) is 0 Å². The molecule has 7 heteroatoms. The number of hydrogen-bond donors (Lipinski definition) is 2. The van der Waals surface area contributed by atoms with E-state index in [2.05, 4.69) is 16.6 Å². The van der Waals surface area contributed by atoms with Crippen molar-refractivity contribution in [1.82, 2.24) is 4.72 Å². The van der Waals surface area contributed by atoms with Crippen LogP contribution in [0.15, 0.2) is 47.4 Å². The topological polar surface area (TPSA) is 83.5 Å². The first-order chi connectivity index (χ1) is 14.2. The monoisotopic (exact) mass is 429 g/mol. The van der Waals surface area contributed by atoms with E-state index in [1.807, 2.05) is 13.8 Å². The maximum absolute atomic E-state index is 14.3. The van der Waals surface area contributed by atoms with Gasteiger partial charge in [-0.15, -0.1) is 0 Å². The van der Waals surface area contributed by atoms with Crippen LogP contribution in [-0.2, 0) is 21.2 Å². The van der Waals surface area contributed by atoms with E-state index < -0.39 is 27.9 Å². The highest BCUT2D eigenvalue weighted by Gasteiger charge is 2.26. The summed E-state index contributed by atoms with van der Waals surface area (Å²) in [4.78, 5) is 11.6. The van der Waals surface area contributed by atoms with E-state index >= 15 is 0 Å². The molecule has 1 aliphatic rings. The summed E-state index contributed by atoms with van der Waals surface area (Å²) in [6.45, 7) is 3.98. The predicted octanol–water partition coefficient (Wildman–Crippen LogP) is 3.68. The first-order valence-electron chi connectivity index (χ1n) is 9.81. The van der Waals surface area contributed by atoms with Crippen LogP contribution in [0.2, 0.25) is 0 Å². The van der Waals surface area contributed by atoms with Crippen LogP contribution in [-0.4, -0.2) is 25.5 Å². The van der Waals surface area contributed by atoms with Crippen LogP contribution in [0.5, 0.6) is 0 Å². The van der Waals surface area contributed by atoms with Crippen LogP contribution >= 0.6 is 0 Å². The van der Waals surface area contributed by atoms with Gasteiger partial charge in [-0.1, -0.05) is 43.9 Å². The summed E-state index contributed by atoms with van der Waals surface area (Å²) < 4.78 is 41.8. The number of carboxylic acid groups (broad SMARTS) is 1. The third kappa shape index (κ3) is 5.68. The Bertz CT molecular complexity index is 1090. The minimum absolute atomic E-state index is 0.0185. The van der Waals surface area contributed by atoms with E-state index in [0.717, 1.165) is 18.4 Å². The van der Waals surface area contributed by atoms with E-state index in [1.165, 1.54) is 24.3 Å². The summed E-state index contributed by atoms with van der Waals surface area (Å²) >= 11 is 0. The Morgan fingerprint density at radius 2 is 1.87 bits per heavy atom. The van der Waals surface area contributed by atoms with Crippen LogP contribution in [0.3, 0.4) is 0 Å².